The maximum Gasteiger partial charge on any atom is 0.416 e. The van der Waals surface area contributed by atoms with Crippen molar-refractivity contribution in [1.29, 1.82) is 0 Å². The summed E-state index contributed by atoms with van der Waals surface area (Å²) in [7, 11) is 0. The van der Waals surface area contributed by atoms with Crippen LogP contribution >= 0.6 is 0 Å². The Bertz CT molecular complexity index is 478. The molecule has 106 valence electrons. The smallest absolute Gasteiger partial charge is 0.343 e. The SMILES string of the molecule is O=C(NCC(F)(F)F)c1cc(C(F)(F)F)ccc1F. The van der Waals surface area contributed by atoms with Gasteiger partial charge in [-0.15, -0.1) is 0 Å². The normalized spacial score (nSPS) is 12.4. The molecule has 19 heavy (non-hydrogen) atoms. The first-order chi connectivity index (χ1) is 8.50. The number of nitrogens with one attached hydrogen (secondary N) is 1. The zero-order valence-corrected chi connectivity index (χ0v) is 8.99. The van der Waals surface area contributed by atoms with E-state index in [9.17, 15) is 35.5 Å². The van der Waals surface area contributed by atoms with Gasteiger partial charge in [-0.2, -0.15) is 26.3 Å². The second-order valence-corrected chi connectivity index (χ2v) is 3.49. The van der Waals surface area contributed by atoms with Crippen molar-refractivity contribution in [3.63, 3.8) is 0 Å². The van der Waals surface area contributed by atoms with Crippen molar-refractivity contribution in [2.45, 2.75) is 12.4 Å². The lowest BCUT2D eigenvalue weighted by Crippen LogP contribution is -2.34. The summed E-state index contributed by atoms with van der Waals surface area (Å²) in [4.78, 5) is 11.2. The van der Waals surface area contributed by atoms with Gasteiger partial charge in [-0.05, 0) is 18.2 Å². The summed E-state index contributed by atoms with van der Waals surface area (Å²) < 4.78 is 85.5. The van der Waals surface area contributed by atoms with Gasteiger partial charge in [-0.3, -0.25) is 4.79 Å². The van der Waals surface area contributed by atoms with Crippen LogP contribution in [0.25, 0.3) is 0 Å². The second-order valence-electron chi connectivity index (χ2n) is 3.49. The van der Waals surface area contributed by atoms with Gasteiger partial charge in [0.05, 0.1) is 11.1 Å². The van der Waals surface area contributed by atoms with Crippen molar-refractivity contribution in [2.24, 2.45) is 0 Å². The fourth-order valence-electron chi connectivity index (χ4n) is 1.15. The first-order valence-electron chi connectivity index (χ1n) is 4.72. The highest BCUT2D eigenvalue weighted by Crippen LogP contribution is 2.30. The summed E-state index contributed by atoms with van der Waals surface area (Å²) in [5.41, 5.74) is -2.43. The van der Waals surface area contributed by atoms with Crippen LogP contribution in [0.15, 0.2) is 18.2 Å². The van der Waals surface area contributed by atoms with Gasteiger partial charge < -0.3 is 5.32 Å². The van der Waals surface area contributed by atoms with Gasteiger partial charge in [0.15, 0.2) is 0 Å². The molecule has 0 radical (unpaired) electrons. The number of alkyl halides is 6. The van der Waals surface area contributed by atoms with E-state index < -0.39 is 41.7 Å². The minimum Gasteiger partial charge on any atom is -0.343 e. The van der Waals surface area contributed by atoms with E-state index in [1.54, 1.807) is 0 Å². The Balaban J connectivity index is 2.97. The molecule has 0 aliphatic carbocycles. The molecule has 9 heteroatoms. The van der Waals surface area contributed by atoms with Crippen LogP contribution < -0.4 is 5.32 Å². The van der Waals surface area contributed by atoms with Crippen molar-refractivity contribution in [3.05, 3.63) is 35.1 Å². The second kappa shape index (κ2) is 5.06. The van der Waals surface area contributed by atoms with Crippen molar-refractivity contribution in [1.82, 2.24) is 5.32 Å². The molecule has 0 aromatic heterocycles. The fraction of sp³-hybridized carbons (Fsp3) is 0.300. The Morgan fingerprint density at radius 3 is 2.16 bits per heavy atom. The Morgan fingerprint density at radius 1 is 1.11 bits per heavy atom. The van der Waals surface area contributed by atoms with Crippen molar-refractivity contribution >= 4 is 5.91 Å². The van der Waals surface area contributed by atoms with E-state index in [4.69, 9.17) is 0 Å². The number of halogens is 7. The molecule has 0 saturated heterocycles. The Morgan fingerprint density at radius 2 is 1.68 bits per heavy atom. The zero-order valence-electron chi connectivity index (χ0n) is 8.99. The lowest BCUT2D eigenvalue weighted by Gasteiger charge is -2.11. The average Bonchev–Trinajstić information content (AvgIpc) is 2.24. The first kappa shape index (κ1) is 15.3. The van der Waals surface area contributed by atoms with Gasteiger partial charge in [-0.25, -0.2) is 4.39 Å². The lowest BCUT2D eigenvalue weighted by atomic mass is 10.1. The molecular weight excluding hydrogens is 283 g/mol. The van der Waals surface area contributed by atoms with Crippen LogP contribution in [0, 0.1) is 5.82 Å². The minimum atomic E-state index is -4.83. The number of hydrogen-bond donors (Lipinski definition) is 1. The molecule has 0 unspecified atom stereocenters. The summed E-state index contributed by atoms with van der Waals surface area (Å²) in [6, 6.07) is 0.905. The molecule has 0 aliphatic rings. The highest BCUT2D eigenvalue weighted by atomic mass is 19.4. The van der Waals surface area contributed by atoms with Crippen molar-refractivity contribution in [2.75, 3.05) is 6.54 Å². The van der Waals surface area contributed by atoms with E-state index >= 15 is 0 Å². The summed E-state index contributed by atoms with van der Waals surface area (Å²) in [6.45, 7) is -1.76. The van der Waals surface area contributed by atoms with E-state index in [-0.39, 0.29) is 6.07 Å². The maximum atomic E-state index is 13.1. The summed E-state index contributed by atoms with van der Waals surface area (Å²) in [5.74, 6) is -2.91. The summed E-state index contributed by atoms with van der Waals surface area (Å²) >= 11 is 0. The quantitative estimate of drug-likeness (QED) is 0.833. The van der Waals surface area contributed by atoms with Crippen LogP contribution in [0.4, 0.5) is 30.7 Å². The molecule has 1 aromatic carbocycles. The Kier molecular flexibility index (Phi) is 4.06. The van der Waals surface area contributed by atoms with Crippen LogP contribution in [-0.4, -0.2) is 18.6 Å². The predicted octanol–water partition coefficient (Wildman–Crippen LogP) is 3.14. The van der Waals surface area contributed by atoms with E-state index in [1.807, 2.05) is 0 Å². The van der Waals surface area contributed by atoms with Crippen LogP contribution in [-0.2, 0) is 6.18 Å². The largest absolute Gasteiger partial charge is 0.416 e. The monoisotopic (exact) mass is 289 g/mol. The van der Waals surface area contributed by atoms with Gasteiger partial charge in [0.25, 0.3) is 5.91 Å². The van der Waals surface area contributed by atoms with Crippen LogP contribution in [0.5, 0.6) is 0 Å². The molecular formula is C10H6F7NO. The highest BCUT2D eigenvalue weighted by Gasteiger charge is 2.33. The van der Waals surface area contributed by atoms with E-state index in [1.165, 1.54) is 5.32 Å². The van der Waals surface area contributed by atoms with Gasteiger partial charge in [-0.1, -0.05) is 0 Å². The topological polar surface area (TPSA) is 29.1 Å². The maximum absolute atomic E-state index is 13.1. The third-order valence-electron chi connectivity index (χ3n) is 1.99. The average molecular weight is 289 g/mol. The molecule has 2 nitrogen and oxygen atoms in total. The number of hydrogen-bond acceptors (Lipinski definition) is 1. The predicted molar refractivity (Wildman–Crippen MR) is 49.8 cm³/mol. The Labute approximate surface area is 102 Å². The number of carbonyl (C=O) groups excluding carboxylic acids is 1. The zero-order chi connectivity index (χ0) is 14.8. The van der Waals surface area contributed by atoms with Crippen molar-refractivity contribution < 1.29 is 35.5 Å². The minimum absolute atomic E-state index is 0.154. The molecule has 1 amide bonds. The molecule has 0 atom stereocenters. The molecule has 1 N–H and O–H groups in total. The van der Waals surface area contributed by atoms with E-state index in [0.717, 1.165) is 0 Å². The van der Waals surface area contributed by atoms with Crippen LogP contribution in [0.1, 0.15) is 15.9 Å². The first-order valence-corrected chi connectivity index (χ1v) is 4.72. The third kappa shape index (κ3) is 4.42. The van der Waals surface area contributed by atoms with Crippen molar-refractivity contribution in [3.8, 4) is 0 Å². The number of amides is 1. The molecule has 0 bridgehead atoms. The van der Waals surface area contributed by atoms with Gasteiger partial charge >= 0.3 is 12.4 Å². The molecule has 0 saturated carbocycles. The molecule has 0 aliphatic heterocycles. The molecule has 0 heterocycles. The fourth-order valence-corrected chi connectivity index (χ4v) is 1.15. The van der Waals surface area contributed by atoms with E-state index in [2.05, 4.69) is 0 Å². The van der Waals surface area contributed by atoms with Gasteiger partial charge in [0, 0.05) is 0 Å². The lowest BCUT2D eigenvalue weighted by molar-refractivity contribution is -0.137. The molecule has 1 aromatic rings. The van der Waals surface area contributed by atoms with Crippen LogP contribution in [0.3, 0.4) is 0 Å². The van der Waals surface area contributed by atoms with Crippen LogP contribution in [0.2, 0.25) is 0 Å². The number of carbonyl (C=O) groups is 1. The molecule has 0 spiro atoms. The van der Waals surface area contributed by atoms with Gasteiger partial charge in [0.2, 0.25) is 0 Å². The summed E-state index contributed by atoms with van der Waals surface area (Å²) in [6.07, 6.45) is -9.57. The van der Waals surface area contributed by atoms with E-state index in [0.29, 0.717) is 12.1 Å². The standard InChI is InChI=1S/C10H6F7NO/c11-7-2-1-5(10(15,16)17)3-6(7)8(19)18-4-9(12,13)14/h1-3H,4H2,(H,18,19). The Hall–Kier alpha value is -1.80. The number of benzene rings is 1. The highest BCUT2D eigenvalue weighted by molar-refractivity contribution is 5.94. The van der Waals surface area contributed by atoms with Gasteiger partial charge in [0.1, 0.15) is 12.4 Å². The number of rotatable bonds is 2. The molecule has 1 rings (SSSR count). The summed E-state index contributed by atoms with van der Waals surface area (Å²) in [5, 5.41) is 1.29. The molecule has 0 fully saturated rings. The third-order valence-corrected chi connectivity index (χ3v) is 1.99.